The number of amides is 2. The number of anilines is 1. The quantitative estimate of drug-likeness (QED) is 0.897. The average molecular weight is 340 g/mol. The predicted octanol–water partition coefficient (Wildman–Crippen LogP) is 2.33. The molecule has 0 aliphatic carbocycles. The fraction of sp³-hybridized carbons (Fsp3) is 0.267. The van der Waals surface area contributed by atoms with E-state index in [9.17, 15) is 22.8 Å². The molecule has 128 valence electrons. The highest BCUT2D eigenvalue weighted by molar-refractivity contribution is 5.95. The van der Waals surface area contributed by atoms with E-state index in [1.54, 1.807) is 24.3 Å². The molecule has 0 radical (unpaired) electrons. The zero-order chi connectivity index (χ0) is 17.9. The van der Waals surface area contributed by atoms with E-state index in [-0.39, 0.29) is 12.5 Å². The molecule has 0 aliphatic rings. The Labute approximate surface area is 135 Å². The molecular weight excluding hydrogens is 325 g/mol. The van der Waals surface area contributed by atoms with Gasteiger partial charge in [0, 0.05) is 32.4 Å². The summed E-state index contributed by atoms with van der Waals surface area (Å²) in [5.74, 6) is -1.12. The van der Waals surface area contributed by atoms with Gasteiger partial charge in [-0.2, -0.15) is 18.3 Å². The summed E-state index contributed by atoms with van der Waals surface area (Å²) < 4.78 is 39.5. The van der Waals surface area contributed by atoms with E-state index >= 15 is 0 Å². The van der Waals surface area contributed by atoms with Crippen molar-refractivity contribution < 1.29 is 22.8 Å². The summed E-state index contributed by atoms with van der Waals surface area (Å²) in [6.07, 6.45) is -3.69. The maximum atomic E-state index is 12.9. The molecule has 1 aromatic carbocycles. The van der Waals surface area contributed by atoms with Crippen LogP contribution in [0.25, 0.3) is 0 Å². The lowest BCUT2D eigenvalue weighted by atomic mass is 10.2. The Hall–Kier alpha value is -2.84. The number of carbonyl (C=O) groups is 2. The van der Waals surface area contributed by atoms with Crippen LogP contribution in [0.2, 0.25) is 0 Å². The standard InChI is InChI=1S/C15H15F3N4O2/c1-9(23)20-11-5-3-4-10(6-11)7-19-14(24)12-8-22(2)21-13(12)15(16,17)18/h3-6,8H,7H2,1-2H3,(H,19,24)(H,20,23). The number of aromatic nitrogens is 2. The normalized spacial score (nSPS) is 11.2. The maximum absolute atomic E-state index is 12.9. The minimum atomic E-state index is -4.71. The van der Waals surface area contributed by atoms with E-state index in [1.807, 2.05) is 0 Å². The van der Waals surface area contributed by atoms with Gasteiger partial charge in [0.15, 0.2) is 5.69 Å². The minimum Gasteiger partial charge on any atom is -0.348 e. The third-order valence-electron chi connectivity index (χ3n) is 3.04. The van der Waals surface area contributed by atoms with Crippen molar-refractivity contribution in [2.45, 2.75) is 19.6 Å². The Morgan fingerprint density at radius 3 is 2.62 bits per heavy atom. The lowest BCUT2D eigenvalue weighted by molar-refractivity contribution is -0.141. The molecule has 24 heavy (non-hydrogen) atoms. The summed E-state index contributed by atoms with van der Waals surface area (Å²) >= 11 is 0. The van der Waals surface area contributed by atoms with Crippen LogP contribution in [0.5, 0.6) is 0 Å². The third-order valence-corrected chi connectivity index (χ3v) is 3.04. The molecule has 2 aromatic rings. The van der Waals surface area contributed by atoms with Crippen LogP contribution in [0, 0.1) is 0 Å². The predicted molar refractivity (Wildman–Crippen MR) is 80.1 cm³/mol. The van der Waals surface area contributed by atoms with Gasteiger partial charge in [-0.15, -0.1) is 0 Å². The number of benzene rings is 1. The smallest absolute Gasteiger partial charge is 0.348 e. The van der Waals surface area contributed by atoms with Gasteiger partial charge in [-0.05, 0) is 17.7 Å². The van der Waals surface area contributed by atoms with Gasteiger partial charge in [0.1, 0.15) is 0 Å². The van der Waals surface area contributed by atoms with Crippen molar-refractivity contribution >= 4 is 17.5 Å². The summed E-state index contributed by atoms with van der Waals surface area (Å²) in [6, 6.07) is 6.63. The number of nitrogens with one attached hydrogen (secondary N) is 2. The highest BCUT2D eigenvalue weighted by Crippen LogP contribution is 2.30. The summed E-state index contributed by atoms with van der Waals surface area (Å²) in [6.45, 7) is 1.37. The second-order valence-electron chi connectivity index (χ2n) is 5.13. The van der Waals surface area contributed by atoms with Crippen LogP contribution in [0.4, 0.5) is 18.9 Å². The first kappa shape index (κ1) is 17.5. The first-order valence-corrected chi connectivity index (χ1v) is 6.92. The molecule has 0 atom stereocenters. The van der Waals surface area contributed by atoms with Crippen LogP contribution in [-0.4, -0.2) is 21.6 Å². The fourth-order valence-corrected chi connectivity index (χ4v) is 2.10. The zero-order valence-corrected chi connectivity index (χ0v) is 12.9. The third kappa shape index (κ3) is 4.34. The Balaban J connectivity index is 2.10. The second-order valence-corrected chi connectivity index (χ2v) is 5.13. The number of hydrogen-bond donors (Lipinski definition) is 2. The van der Waals surface area contributed by atoms with Crippen molar-refractivity contribution in [3.8, 4) is 0 Å². The highest BCUT2D eigenvalue weighted by atomic mass is 19.4. The van der Waals surface area contributed by atoms with Crippen molar-refractivity contribution in [2.24, 2.45) is 7.05 Å². The van der Waals surface area contributed by atoms with Gasteiger partial charge in [-0.25, -0.2) is 0 Å². The lowest BCUT2D eigenvalue weighted by Gasteiger charge is -2.09. The molecule has 0 fully saturated rings. The molecule has 0 spiro atoms. The summed E-state index contributed by atoms with van der Waals surface area (Å²) in [7, 11) is 1.31. The number of nitrogens with zero attached hydrogens (tertiary/aromatic N) is 2. The molecule has 6 nitrogen and oxygen atoms in total. The number of hydrogen-bond acceptors (Lipinski definition) is 3. The van der Waals surface area contributed by atoms with Crippen molar-refractivity contribution in [2.75, 3.05) is 5.32 Å². The second kappa shape index (κ2) is 6.73. The van der Waals surface area contributed by atoms with E-state index in [4.69, 9.17) is 0 Å². The number of alkyl halides is 3. The molecule has 2 amide bonds. The van der Waals surface area contributed by atoms with Crippen LogP contribution >= 0.6 is 0 Å². The Morgan fingerprint density at radius 1 is 1.29 bits per heavy atom. The molecule has 0 saturated heterocycles. The highest BCUT2D eigenvalue weighted by Gasteiger charge is 2.38. The average Bonchev–Trinajstić information content (AvgIpc) is 2.87. The van der Waals surface area contributed by atoms with Crippen LogP contribution < -0.4 is 10.6 Å². The van der Waals surface area contributed by atoms with Gasteiger partial charge in [-0.3, -0.25) is 14.3 Å². The van der Waals surface area contributed by atoms with Crippen LogP contribution in [0.1, 0.15) is 28.5 Å². The molecular formula is C15H15F3N4O2. The van der Waals surface area contributed by atoms with Gasteiger partial charge >= 0.3 is 6.18 Å². The molecule has 0 unspecified atom stereocenters. The molecule has 9 heteroatoms. The van der Waals surface area contributed by atoms with Crippen molar-refractivity contribution in [1.82, 2.24) is 15.1 Å². The fourth-order valence-electron chi connectivity index (χ4n) is 2.10. The van der Waals surface area contributed by atoms with E-state index in [0.29, 0.717) is 11.3 Å². The summed E-state index contributed by atoms with van der Waals surface area (Å²) in [5.41, 5.74) is -0.601. The SMILES string of the molecule is CC(=O)Nc1cccc(CNC(=O)c2cn(C)nc2C(F)(F)F)c1. The number of aryl methyl sites for hydroxylation is 1. The molecule has 0 aliphatic heterocycles. The number of rotatable bonds is 4. The number of carbonyl (C=O) groups excluding carboxylic acids is 2. The van der Waals surface area contributed by atoms with Crippen molar-refractivity contribution in [1.29, 1.82) is 0 Å². The lowest BCUT2D eigenvalue weighted by Crippen LogP contribution is -2.25. The van der Waals surface area contributed by atoms with Gasteiger partial charge in [0.05, 0.1) is 5.56 Å². The van der Waals surface area contributed by atoms with Gasteiger partial charge < -0.3 is 10.6 Å². The minimum absolute atomic E-state index is 0.0124. The van der Waals surface area contributed by atoms with E-state index in [1.165, 1.54) is 14.0 Å². The Morgan fingerprint density at radius 2 is 2.00 bits per heavy atom. The van der Waals surface area contributed by atoms with Crippen LogP contribution in [0.15, 0.2) is 30.5 Å². The largest absolute Gasteiger partial charge is 0.435 e. The van der Waals surface area contributed by atoms with E-state index in [0.717, 1.165) is 10.9 Å². The van der Waals surface area contributed by atoms with Crippen LogP contribution in [-0.2, 0) is 24.6 Å². The molecule has 0 bridgehead atoms. The van der Waals surface area contributed by atoms with Gasteiger partial charge in [-0.1, -0.05) is 12.1 Å². The monoisotopic (exact) mass is 340 g/mol. The Kier molecular flexibility index (Phi) is 4.91. The van der Waals surface area contributed by atoms with E-state index < -0.39 is 23.3 Å². The maximum Gasteiger partial charge on any atom is 0.435 e. The molecule has 2 N–H and O–H groups in total. The topological polar surface area (TPSA) is 76.0 Å². The first-order valence-electron chi connectivity index (χ1n) is 6.92. The summed E-state index contributed by atoms with van der Waals surface area (Å²) in [4.78, 5) is 23.0. The van der Waals surface area contributed by atoms with Gasteiger partial charge in [0.25, 0.3) is 5.91 Å². The Bertz CT molecular complexity index is 768. The molecule has 1 heterocycles. The first-order chi connectivity index (χ1) is 11.2. The zero-order valence-electron chi connectivity index (χ0n) is 12.9. The molecule has 0 saturated carbocycles. The number of halogens is 3. The molecule has 2 rings (SSSR count). The van der Waals surface area contributed by atoms with Crippen molar-refractivity contribution in [3.63, 3.8) is 0 Å². The molecule has 1 aromatic heterocycles. The summed E-state index contributed by atoms with van der Waals surface area (Å²) in [5, 5.41) is 8.29. The van der Waals surface area contributed by atoms with Crippen molar-refractivity contribution in [3.05, 3.63) is 47.3 Å². The van der Waals surface area contributed by atoms with Gasteiger partial charge in [0.2, 0.25) is 5.91 Å². The van der Waals surface area contributed by atoms with Crippen LogP contribution in [0.3, 0.4) is 0 Å². The van der Waals surface area contributed by atoms with E-state index in [2.05, 4.69) is 15.7 Å².